The van der Waals surface area contributed by atoms with Crippen LogP contribution in [0.1, 0.15) is 4.88 Å². The van der Waals surface area contributed by atoms with E-state index in [1.165, 1.54) is 12.1 Å². The van der Waals surface area contributed by atoms with E-state index in [1.807, 2.05) is 19.1 Å². The van der Waals surface area contributed by atoms with Gasteiger partial charge < -0.3 is 0 Å². The number of nitrogens with zero attached hydrogens (tertiary/aromatic N) is 3. The molecule has 100 valence electrons. The van der Waals surface area contributed by atoms with Crippen molar-refractivity contribution >= 4 is 39.5 Å². The predicted octanol–water partition coefficient (Wildman–Crippen LogP) is 4.23. The maximum absolute atomic E-state index is 10.8. The number of halogens is 1. The molecule has 0 aliphatic carbocycles. The van der Waals surface area contributed by atoms with Crippen molar-refractivity contribution in [1.82, 2.24) is 9.97 Å². The molecule has 0 spiro atoms. The molecule has 0 atom stereocenters. The highest BCUT2D eigenvalue weighted by Gasteiger charge is 2.13. The highest BCUT2D eigenvalue weighted by molar-refractivity contribution is 7.15. The van der Waals surface area contributed by atoms with Crippen molar-refractivity contribution in [3.63, 3.8) is 0 Å². The average Bonchev–Trinajstić information content (AvgIpc) is 2.85. The summed E-state index contributed by atoms with van der Waals surface area (Å²) in [6, 6.07) is 8.31. The van der Waals surface area contributed by atoms with Crippen LogP contribution >= 0.6 is 22.9 Å². The summed E-state index contributed by atoms with van der Waals surface area (Å²) in [5.41, 5.74) is 0.569. The maximum Gasteiger partial charge on any atom is 0.270 e. The molecular formula is C13H8ClN3O2S. The summed E-state index contributed by atoms with van der Waals surface area (Å²) in [4.78, 5) is 21.0. The molecule has 0 saturated carbocycles. The molecule has 5 nitrogen and oxygen atoms in total. The van der Waals surface area contributed by atoms with E-state index in [0.717, 1.165) is 9.75 Å². The lowest BCUT2D eigenvalue weighted by atomic mass is 10.2. The minimum atomic E-state index is -0.466. The lowest BCUT2D eigenvalue weighted by molar-refractivity contribution is -0.384. The number of benzene rings is 1. The van der Waals surface area contributed by atoms with Gasteiger partial charge in [-0.05, 0) is 25.1 Å². The number of fused-ring (bicyclic) bond motifs is 1. The number of non-ortho nitro benzene ring substituents is 1. The van der Waals surface area contributed by atoms with Crippen LogP contribution in [0.15, 0.2) is 30.3 Å². The molecule has 2 aromatic heterocycles. The topological polar surface area (TPSA) is 68.9 Å². The van der Waals surface area contributed by atoms with E-state index < -0.39 is 4.92 Å². The van der Waals surface area contributed by atoms with Gasteiger partial charge in [-0.2, -0.15) is 0 Å². The third kappa shape index (κ3) is 2.23. The summed E-state index contributed by atoms with van der Waals surface area (Å²) < 4.78 is 0. The van der Waals surface area contributed by atoms with E-state index in [1.54, 1.807) is 17.4 Å². The zero-order valence-corrected chi connectivity index (χ0v) is 11.9. The Labute approximate surface area is 123 Å². The molecular weight excluding hydrogens is 298 g/mol. The number of aromatic nitrogens is 2. The molecule has 0 amide bonds. The van der Waals surface area contributed by atoms with Gasteiger partial charge in [-0.15, -0.1) is 11.3 Å². The smallest absolute Gasteiger partial charge is 0.258 e. The van der Waals surface area contributed by atoms with Gasteiger partial charge >= 0.3 is 0 Å². The molecule has 3 rings (SSSR count). The van der Waals surface area contributed by atoms with Gasteiger partial charge in [0.05, 0.1) is 15.3 Å². The van der Waals surface area contributed by atoms with Crippen LogP contribution in [0.25, 0.3) is 21.6 Å². The predicted molar refractivity (Wildman–Crippen MR) is 79.3 cm³/mol. The van der Waals surface area contributed by atoms with E-state index in [4.69, 9.17) is 11.6 Å². The standard InChI is InChI=1S/C13H8ClN3O2S/c1-7-2-5-11(20-7)13-15-10-4-3-8(17(18)19)6-9(10)12(14)16-13/h2-6H,1H3. The Kier molecular flexibility index (Phi) is 3.11. The first-order chi connectivity index (χ1) is 9.54. The Morgan fingerprint density at radius 1 is 1.25 bits per heavy atom. The Hall–Kier alpha value is -2.05. The summed E-state index contributed by atoms with van der Waals surface area (Å²) in [5.74, 6) is 0.537. The maximum atomic E-state index is 10.8. The minimum absolute atomic E-state index is 0.0253. The van der Waals surface area contributed by atoms with Gasteiger partial charge in [0.25, 0.3) is 5.69 Å². The second-order valence-corrected chi connectivity index (χ2v) is 5.85. The quantitative estimate of drug-likeness (QED) is 0.403. The Morgan fingerprint density at radius 3 is 2.70 bits per heavy atom. The summed E-state index contributed by atoms with van der Waals surface area (Å²) in [6.07, 6.45) is 0. The third-order valence-electron chi connectivity index (χ3n) is 2.80. The van der Waals surface area contributed by atoms with Gasteiger partial charge in [0.1, 0.15) is 5.15 Å². The zero-order valence-electron chi connectivity index (χ0n) is 10.3. The molecule has 0 bridgehead atoms. The van der Waals surface area contributed by atoms with Gasteiger partial charge in [-0.25, -0.2) is 9.97 Å². The van der Waals surface area contributed by atoms with Crippen molar-refractivity contribution in [2.24, 2.45) is 0 Å². The van der Waals surface area contributed by atoms with Gasteiger partial charge in [-0.3, -0.25) is 10.1 Å². The van der Waals surface area contributed by atoms with E-state index in [9.17, 15) is 10.1 Å². The normalized spacial score (nSPS) is 10.9. The molecule has 0 aliphatic rings. The highest BCUT2D eigenvalue weighted by atomic mass is 35.5. The van der Waals surface area contributed by atoms with Gasteiger partial charge in [0.15, 0.2) is 5.82 Å². The molecule has 0 N–H and O–H groups in total. The van der Waals surface area contributed by atoms with Crippen LogP contribution in [0.5, 0.6) is 0 Å². The van der Waals surface area contributed by atoms with Crippen LogP contribution < -0.4 is 0 Å². The van der Waals surface area contributed by atoms with Crippen molar-refractivity contribution < 1.29 is 4.92 Å². The lowest BCUT2D eigenvalue weighted by Crippen LogP contribution is -1.92. The fourth-order valence-corrected chi connectivity index (χ4v) is 2.89. The minimum Gasteiger partial charge on any atom is -0.258 e. The number of hydrogen-bond donors (Lipinski definition) is 0. The number of rotatable bonds is 2. The third-order valence-corrected chi connectivity index (χ3v) is 4.09. The van der Waals surface area contributed by atoms with Crippen LogP contribution in [-0.2, 0) is 0 Å². The van der Waals surface area contributed by atoms with E-state index in [0.29, 0.717) is 16.7 Å². The van der Waals surface area contributed by atoms with E-state index in [2.05, 4.69) is 9.97 Å². The molecule has 0 fully saturated rings. The Balaban J connectivity index is 2.20. The lowest BCUT2D eigenvalue weighted by Gasteiger charge is -2.02. The van der Waals surface area contributed by atoms with Gasteiger partial charge in [-0.1, -0.05) is 11.6 Å². The first-order valence-corrected chi connectivity index (χ1v) is 6.92. The Bertz CT molecular complexity index is 832. The molecule has 3 aromatic rings. The summed E-state index contributed by atoms with van der Waals surface area (Å²) in [7, 11) is 0. The number of nitro groups is 1. The molecule has 0 saturated heterocycles. The van der Waals surface area contributed by atoms with Crippen LogP contribution in [0.2, 0.25) is 5.15 Å². The monoisotopic (exact) mass is 305 g/mol. The Morgan fingerprint density at radius 2 is 2.05 bits per heavy atom. The summed E-state index contributed by atoms with van der Waals surface area (Å²) in [5, 5.41) is 11.5. The van der Waals surface area contributed by atoms with Crippen molar-refractivity contribution in [3.05, 3.63) is 50.5 Å². The van der Waals surface area contributed by atoms with Crippen LogP contribution in [0.4, 0.5) is 5.69 Å². The van der Waals surface area contributed by atoms with Gasteiger partial charge in [0, 0.05) is 22.4 Å². The number of nitro benzene ring substituents is 1. The second-order valence-electron chi connectivity index (χ2n) is 4.21. The fourth-order valence-electron chi connectivity index (χ4n) is 1.86. The van der Waals surface area contributed by atoms with Crippen molar-refractivity contribution in [1.29, 1.82) is 0 Å². The molecule has 0 radical (unpaired) electrons. The molecule has 0 unspecified atom stereocenters. The highest BCUT2D eigenvalue weighted by Crippen LogP contribution is 2.30. The fraction of sp³-hybridized carbons (Fsp3) is 0.0769. The molecule has 1 aromatic carbocycles. The van der Waals surface area contributed by atoms with E-state index in [-0.39, 0.29) is 10.8 Å². The van der Waals surface area contributed by atoms with Crippen LogP contribution in [0, 0.1) is 17.0 Å². The average molecular weight is 306 g/mol. The zero-order chi connectivity index (χ0) is 14.3. The first kappa shape index (κ1) is 13.0. The van der Waals surface area contributed by atoms with E-state index >= 15 is 0 Å². The first-order valence-electron chi connectivity index (χ1n) is 5.73. The van der Waals surface area contributed by atoms with Crippen molar-refractivity contribution in [2.75, 3.05) is 0 Å². The van der Waals surface area contributed by atoms with Crippen molar-refractivity contribution in [3.8, 4) is 10.7 Å². The summed E-state index contributed by atoms with van der Waals surface area (Å²) in [6.45, 7) is 2.00. The van der Waals surface area contributed by atoms with Crippen LogP contribution in [-0.4, -0.2) is 14.9 Å². The largest absolute Gasteiger partial charge is 0.270 e. The molecule has 20 heavy (non-hydrogen) atoms. The SMILES string of the molecule is Cc1ccc(-c2nc(Cl)c3cc([N+](=O)[O-])ccc3n2)s1. The number of hydrogen-bond acceptors (Lipinski definition) is 5. The number of thiophene rings is 1. The second kappa shape index (κ2) is 4.81. The number of aryl methyl sites for hydroxylation is 1. The van der Waals surface area contributed by atoms with Crippen molar-refractivity contribution in [2.45, 2.75) is 6.92 Å². The van der Waals surface area contributed by atoms with Crippen LogP contribution in [0.3, 0.4) is 0 Å². The molecule has 0 aliphatic heterocycles. The van der Waals surface area contributed by atoms with Gasteiger partial charge in [0.2, 0.25) is 0 Å². The molecule has 2 heterocycles. The molecule has 7 heteroatoms. The summed E-state index contributed by atoms with van der Waals surface area (Å²) >= 11 is 7.70.